The van der Waals surface area contributed by atoms with E-state index >= 15 is 0 Å². The Morgan fingerprint density at radius 3 is 2.39 bits per heavy atom. The number of hydrogen-bond donors (Lipinski definition) is 2. The number of carbonyl (C=O) groups is 2. The van der Waals surface area contributed by atoms with E-state index in [0.29, 0.717) is 12.0 Å². The predicted molar refractivity (Wildman–Crippen MR) is 89.5 cm³/mol. The first kappa shape index (κ1) is 16.7. The smallest absolute Gasteiger partial charge is 0.308 e. The zero-order valence-corrected chi connectivity index (χ0v) is 13.4. The van der Waals surface area contributed by atoms with Gasteiger partial charge in [-0.25, -0.2) is 0 Å². The Kier molecular flexibility index (Phi) is 5.52. The molecule has 120 valence electrons. The van der Waals surface area contributed by atoms with Gasteiger partial charge in [-0.05, 0) is 43.0 Å². The van der Waals surface area contributed by atoms with Crippen LogP contribution in [-0.2, 0) is 11.2 Å². The standard InChI is InChI=1S/C19H21NO3/c1-13-7-6-10-17(14(13)2)18(21)20-12-16(19(22)23)11-15-8-4-3-5-9-15/h3-10,16H,11-12H2,1-2H3,(H,20,21)(H,22,23). The highest BCUT2D eigenvalue weighted by Gasteiger charge is 2.20. The van der Waals surface area contributed by atoms with Gasteiger partial charge in [-0.1, -0.05) is 42.5 Å². The highest BCUT2D eigenvalue weighted by atomic mass is 16.4. The Labute approximate surface area is 136 Å². The number of benzene rings is 2. The third-order valence-corrected chi connectivity index (χ3v) is 4.03. The van der Waals surface area contributed by atoms with Crippen LogP contribution in [-0.4, -0.2) is 23.5 Å². The second-order valence-electron chi connectivity index (χ2n) is 5.68. The number of amides is 1. The van der Waals surface area contributed by atoms with E-state index in [0.717, 1.165) is 16.7 Å². The molecule has 1 unspecified atom stereocenters. The first-order valence-corrected chi connectivity index (χ1v) is 7.60. The van der Waals surface area contributed by atoms with Crippen molar-refractivity contribution in [2.75, 3.05) is 6.54 Å². The number of hydrogen-bond acceptors (Lipinski definition) is 2. The van der Waals surface area contributed by atoms with Gasteiger partial charge in [0.15, 0.2) is 0 Å². The molecule has 4 heteroatoms. The molecule has 0 saturated heterocycles. The van der Waals surface area contributed by atoms with E-state index in [1.807, 2.05) is 56.3 Å². The molecule has 4 nitrogen and oxygen atoms in total. The minimum atomic E-state index is -0.907. The van der Waals surface area contributed by atoms with Crippen molar-refractivity contribution in [3.05, 3.63) is 70.8 Å². The number of aliphatic carboxylic acids is 1. The number of aryl methyl sites for hydroxylation is 1. The van der Waals surface area contributed by atoms with Gasteiger partial charge in [0.1, 0.15) is 0 Å². The molecule has 0 aliphatic carbocycles. The first-order chi connectivity index (χ1) is 11.0. The molecule has 0 radical (unpaired) electrons. The second kappa shape index (κ2) is 7.58. The van der Waals surface area contributed by atoms with Crippen molar-refractivity contribution in [3.63, 3.8) is 0 Å². The van der Waals surface area contributed by atoms with E-state index in [1.165, 1.54) is 0 Å². The SMILES string of the molecule is Cc1cccc(C(=O)NCC(Cc2ccccc2)C(=O)O)c1C. The van der Waals surface area contributed by atoms with Gasteiger partial charge in [-0.2, -0.15) is 0 Å². The molecular weight excluding hydrogens is 290 g/mol. The molecule has 2 N–H and O–H groups in total. The molecule has 0 bridgehead atoms. The van der Waals surface area contributed by atoms with Crippen molar-refractivity contribution in [2.45, 2.75) is 20.3 Å². The lowest BCUT2D eigenvalue weighted by Gasteiger charge is -2.15. The average Bonchev–Trinajstić information content (AvgIpc) is 2.54. The zero-order chi connectivity index (χ0) is 16.8. The molecule has 0 aliphatic rings. The third-order valence-electron chi connectivity index (χ3n) is 4.03. The molecule has 0 heterocycles. The van der Waals surface area contributed by atoms with Crippen LogP contribution in [0.4, 0.5) is 0 Å². The van der Waals surface area contributed by atoms with Crippen LogP contribution in [0.15, 0.2) is 48.5 Å². The van der Waals surface area contributed by atoms with Crippen LogP contribution in [0, 0.1) is 19.8 Å². The summed E-state index contributed by atoms with van der Waals surface area (Å²) in [5, 5.41) is 12.1. The quantitative estimate of drug-likeness (QED) is 0.862. The molecule has 0 spiro atoms. The van der Waals surface area contributed by atoms with Crippen molar-refractivity contribution in [1.29, 1.82) is 0 Å². The van der Waals surface area contributed by atoms with Gasteiger partial charge in [0.2, 0.25) is 0 Å². The van der Waals surface area contributed by atoms with Gasteiger partial charge in [0.05, 0.1) is 5.92 Å². The van der Waals surface area contributed by atoms with Crippen LogP contribution >= 0.6 is 0 Å². The number of rotatable bonds is 6. The molecule has 0 fully saturated rings. The number of carboxylic acid groups (broad SMARTS) is 1. The lowest BCUT2D eigenvalue weighted by Crippen LogP contribution is -2.34. The summed E-state index contributed by atoms with van der Waals surface area (Å²) in [5.74, 6) is -1.79. The number of carboxylic acids is 1. The summed E-state index contributed by atoms with van der Waals surface area (Å²) in [6, 6.07) is 15.0. The summed E-state index contributed by atoms with van der Waals surface area (Å²) < 4.78 is 0. The van der Waals surface area contributed by atoms with Crippen LogP contribution < -0.4 is 5.32 Å². The lowest BCUT2D eigenvalue weighted by molar-refractivity contribution is -0.141. The van der Waals surface area contributed by atoms with Crippen molar-refractivity contribution in [2.24, 2.45) is 5.92 Å². The molecule has 23 heavy (non-hydrogen) atoms. The van der Waals surface area contributed by atoms with Crippen LogP contribution in [0.5, 0.6) is 0 Å². The van der Waals surface area contributed by atoms with Crippen LogP contribution in [0.25, 0.3) is 0 Å². The number of nitrogens with one attached hydrogen (secondary N) is 1. The minimum Gasteiger partial charge on any atom is -0.481 e. The molecule has 2 aromatic carbocycles. The molecule has 0 aliphatic heterocycles. The maximum absolute atomic E-state index is 12.3. The number of carbonyl (C=O) groups excluding carboxylic acids is 1. The van der Waals surface area contributed by atoms with Crippen LogP contribution in [0.1, 0.15) is 27.0 Å². The Morgan fingerprint density at radius 1 is 1.04 bits per heavy atom. The van der Waals surface area contributed by atoms with Crippen molar-refractivity contribution < 1.29 is 14.7 Å². The van der Waals surface area contributed by atoms with Gasteiger partial charge in [-0.15, -0.1) is 0 Å². The highest BCUT2D eigenvalue weighted by molar-refractivity contribution is 5.96. The van der Waals surface area contributed by atoms with E-state index < -0.39 is 11.9 Å². The van der Waals surface area contributed by atoms with E-state index in [2.05, 4.69) is 5.32 Å². The van der Waals surface area contributed by atoms with Gasteiger partial charge in [0.25, 0.3) is 5.91 Å². The largest absolute Gasteiger partial charge is 0.481 e. The minimum absolute atomic E-state index is 0.108. The fourth-order valence-corrected chi connectivity index (χ4v) is 2.45. The second-order valence-corrected chi connectivity index (χ2v) is 5.68. The van der Waals surface area contributed by atoms with Crippen molar-refractivity contribution >= 4 is 11.9 Å². The molecule has 1 amide bonds. The molecule has 1 atom stereocenters. The van der Waals surface area contributed by atoms with Crippen LogP contribution in [0.3, 0.4) is 0 Å². The van der Waals surface area contributed by atoms with E-state index in [-0.39, 0.29) is 12.5 Å². The fraction of sp³-hybridized carbons (Fsp3) is 0.263. The topological polar surface area (TPSA) is 66.4 Å². The third kappa shape index (κ3) is 4.42. The van der Waals surface area contributed by atoms with Crippen LogP contribution in [0.2, 0.25) is 0 Å². The van der Waals surface area contributed by atoms with Gasteiger partial charge >= 0.3 is 5.97 Å². The summed E-state index contributed by atoms with van der Waals surface area (Å²) in [6.45, 7) is 3.95. The monoisotopic (exact) mass is 311 g/mol. The van der Waals surface area contributed by atoms with Gasteiger partial charge in [0, 0.05) is 12.1 Å². The summed E-state index contributed by atoms with van der Waals surface area (Å²) in [7, 11) is 0. The summed E-state index contributed by atoms with van der Waals surface area (Å²) in [6.07, 6.45) is 0.392. The van der Waals surface area contributed by atoms with E-state index in [4.69, 9.17) is 0 Å². The Morgan fingerprint density at radius 2 is 1.74 bits per heavy atom. The van der Waals surface area contributed by atoms with Gasteiger partial charge in [-0.3, -0.25) is 9.59 Å². The molecule has 0 aromatic heterocycles. The Balaban J connectivity index is 2.02. The first-order valence-electron chi connectivity index (χ1n) is 7.60. The highest BCUT2D eigenvalue weighted by Crippen LogP contribution is 2.13. The Hall–Kier alpha value is -2.62. The van der Waals surface area contributed by atoms with E-state index in [1.54, 1.807) is 6.07 Å². The molecule has 0 saturated carbocycles. The zero-order valence-electron chi connectivity index (χ0n) is 13.4. The maximum Gasteiger partial charge on any atom is 0.308 e. The summed E-state index contributed by atoms with van der Waals surface area (Å²) in [5.41, 5.74) is 3.49. The van der Waals surface area contributed by atoms with Gasteiger partial charge < -0.3 is 10.4 Å². The maximum atomic E-state index is 12.3. The molecule has 2 rings (SSSR count). The summed E-state index contributed by atoms with van der Waals surface area (Å²) in [4.78, 5) is 23.7. The lowest BCUT2D eigenvalue weighted by atomic mass is 9.98. The predicted octanol–water partition coefficient (Wildman–Crippen LogP) is 2.98. The normalized spacial score (nSPS) is 11.7. The average molecular weight is 311 g/mol. The van der Waals surface area contributed by atoms with Crippen molar-refractivity contribution in [1.82, 2.24) is 5.32 Å². The Bertz CT molecular complexity index is 695. The molecule has 2 aromatic rings. The van der Waals surface area contributed by atoms with Crippen molar-refractivity contribution in [3.8, 4) is 0 Å². The molecular formula is C19H21NO3. The fourth-order valence-electron chi connectivity index (χ4n) is 2.45. The summed E-state index contributed by atoms with van der Waals surface area (Å²) >= 11 is 0. The van der Waals surface area contributed by atoms with E-state index in [9.17, 15) is 14.7 Å².